The molecule has 0 bridgehead atoms. The lowest BCUT2D eigenvalue weighted by Gasteiger charge is -2.44. The molecule has 0 amide bonds. The molecule has 0 saturated heterocycles. The topological polar surface area (TPSA) is 3.88 Å². The molecule has 65 heavy (non-hydrogen) atoms. The van der Waals surface area contributed by atoms with Crippen molar-refractivity contribution in [2.45, 2.75) is 13.0 Å². The molecule has 0 radical (unpaired) electrons. The standard InChI is InChI=1S/C24BF20.C19H18N/c26-5-1(6(27)14(35)21(42)13(5)34)25(2-7(28)15(36)22(43)16(37)8(2)29,3-9(30)17(38)23(44)18(39)10(3)31)4-11(32)19(40)24(45)20(41)12(4)33;1-2-8-18-14-13-17-11-6-7-12-19(17)20(18)15-16-9-4-3-5-10-16/h;2-7,9-14H,1,8,15H2/q-1;+1. The second kappa shape index (κ2) is 18.0. The van der Waals surface area contributed by atoms with Gasteiger partial charge in [0.15, 0.2) is 82.0 Å². The minimum absolute atomic E-state index is 0.887. The quantitative estimate of drug-likeness (QED) is 0.0357. The molecule has 22 heteroatoms. The summed E-state index contributed by atoms with van der Waals surface area (Å²) in [5, 5.41) is 1.27. The summed E-state index contributed by atoms with van der Waals surface area (Å²) in [6.45, 7) is 4.77. The summed E-state index contributed by atoms with van der Waals surface area (Å²) in [6.07, 6.45) is -4.37. The first-order chi connectivity index (χ1) is 30.6. The van der Waals surface area contributed by atoms with Crippen LogP contribution in [0.4, 0.5) is 87.8 Å². The van der Waals surface area contributed by atoms with Crippen molar-refractivity contribution in [3.05, 3.63) is 207 Å². The Kier molecular flexibility index (Phi) is 13.2. The molecular weight excluding hydrogens is 921 g/mol. The molecule has 0 fully saturated rings. The highest BCUT2D eigenvalue weighted by Gasteiger charge is 2.52. The van der Waals surface area contributed by atoms with Gasteiger partial charge >= 0.3 is 0 Å². The number of rotatable bonds is 8. The Labute approximate surface area is 351 Å². The number of benzene rings is 6. The third-order valence-electron chi connectivity index (χ3n) is 10.3. The Hall–Kier alpha value is -6.87. The predicted molar refractivity (Wildman–Crippen MR) is 193 cm³/mol. The normalized spacial score (nSPS) is 11.6. The van der Waals surface area contributed by atoms with Gasteiger partial charge in [-0.1, -0.05) is 48.5 Å². The van der Waals surface area contributed by atoms with E-state index in [2.05, 4.69) is 77.9 Å². The van der Waals surface area contributed by atoms with Gasteiger partial charge in [-0.05, 0) is 12.1 Å². The molecule has 0 N–H and O–H groups in total. The second-order valence-electron chi connectivity index (χ2n) is 13.7. The van der Waals surface area contributed by atoms with E-state index in [0.717, 1.165) is 13.0 Å². The van der Waals surface area contributed by atoms with E-state index >= 15 is 35.1 Å². The van der Waals surface area contributed by atoms with E-state index in [-0.39, 0.29) is 0 Å². The van der Waals surface area contributed by atoms with Gasteiger partial charge in [-0.2, -0.15) is 4.57 Å². The summed E-state index contributed by atoms with van der Waals surface area (Å²) in [6, 6.07) is 23.5. The molecule has 0 saturated carbocycles. The minimum atomic E-state index is -7.22. The summed E-state index contributed by atoms with van der Waals surface area (Å²) in [4.78, 5) is 0. The van der Waals surface area contributed by atoms with Crippen LogP contribution in [0, 0.1) is 116 Å². The van der Waals surface area contributed by atoms with Crippen LogP contribution in [0.5, 0.6) is 0 Å². The first-order valence-electron chi connectivity index (χ1n) is 17.9. The van der Waals surface area contributed by atoms with E-state index in [1.807, 2.05) is 6.08 Å². The lowest BCUT2D eigenvalue weighted by molar-refractivity contribution is -0.669. The lowest BCUT2D eigenvalue weighted by atomic mass is 9.12. The fraction of sp³-hybridized carbons (Fsp3) is 0.0465. The molecule has 338 valence electrons. The van der Waals surface area contributed by atoms with Crippen molar-refractivity contribution >= 4 is 38.9 Å². The van der Waals surface area contributed by atoms with E-state index < -0.39 is 144 Å². The van der Waals surface area contributed by atoms with Gasteiger partial charge in [0.1, 0.15) is 52.7 Å². The zero-order valence-corrected chi connectivity index (χ0v) is 31.6. The second-order valence-corrected chi connectivity index (χ2v) is 13.7. The average Bonchev–Trinajstić information content (AvgIpc) is 3.30. The summed E-state index contributed by atoms with van der Waals surface area (Å²) < 4.78 is 296. The van der Waals surface area contributed by atoms with Gasteiger partial charge in [-0.3, -0.25) is 0 Å². The van der Waals surface area contributed by atoms with E-state index in [1.165, 1.54) is 22.2 Å². The Bertz CT molecular complexity index is 2690. The van der Waals surface area contributed by atoms with Crippen LogP contribution in [0.25, 0.3) is 10.9 Å². The van der Waals surface area contributed by atoms with Gasteiger partial charge in [-0.25, -0.2) is 87.8 Å². The van der Waals surface area contributed by atoms with E-state index in [0.29, 0.717) is 0 Å². The number of pyridine rings is 1. The van der Waals surface area contributed by atoms with Crippen molar-refractivity contribution in [2.75, 3.05) is 0 Å². The fourth-order valence-corrected chi connectivity index (χ4v) is 7.46. The predicted octanol–water partition coefficient (Wildman–Crippen LogP) is 9.75. The van der Waals surface area contributed by atoms with Crippen molar-refractivity contribution < 1.29 is 92.4 Å². The maximum absolute atomic E-state index is 15.4. The number of aromatic nitrogens is 1. The molecule has 1 aromatic heterocycles. The number of hydrogen-bond acceptors (Lipinski definition) is 0. The Morgan fingerprint density at radius 1 is 0.354 bits per heavy atom. The van der Waals surface area contributed by atoms with Gasteiger partial charge < -0.3 is 0 Å². The molecule has 1 heterocycles. The largest absolute Gasteiger partial charge is 0.212 e. The highest BCUT2D eigenvalue weighted by Crippen LogP contribution is 2.31. The molecule has 1 nitrogen and oxygen atoms in total. The molecule has 0 aliphatic heterocycles. The smallest absolute Gasteiger partial charge is 0.207 e. The van der Waals surface area contributed by atoms with Crippen molar-refractivity contribution in [3.8, 4) is 0 Å². The summed E-state index contributed by atoms with van der Waals surface area (Å²) >= 11 is 0. The third-order valence-corrected chi connectivity index (χ3v) is 10.3. The van der Waals surface area contributed by atoms with Crippen LogP contribution in [0.3, 0.4) is 0 Å². The first kappa shape index (κ1) is 47.6. The van der Waals surface area contributed by atoms with Gasteiger partial charge in [0, 0.05) is 23.1 Å². The lowest BCUT2D eigenvalue weighted by Crippen LogP contribution is -2.81. The molecule has 0 aliphatic rings. The molecule has 6 aromatic carbocycles. The van der Waals surface area contributed by atoms with Crippen molar-refractivity contribution in [2.24, 2.45) is 0 Å². The molecule has 0 atom stereocenters. The van der Waals surface area contributed by atoms with E-state index in [9.17, 15) is 52.7 Å². The summed E-state index contributed by atoms with van der Waals surface area (Å²) in [7, 11) is 0. The summed E-state index contributed by atoms with van der Waals surface area (Å²) in [5.41, 5.74) is -10.4. The third kappa shape index (κ3) is 7.50. The van der Waals surface area contributed by atoms with Crippen molar-refractivity contribution in [1.29, 1.82) is 0 Å². The zero-order valence-electron chi connectivity index (χ0n) is 31.6. The van der Waals surface area contributed by atoms with Crippen LogP contribution in [-0.4, -0.2) is 6.15 Å². The highest BCUT2D eigenvalue weighted by molar-refractivity contribution is 7.20. The number of halogens is 20. The molecule has 0 spiro atoms. The minimum Gasteiger partial charge on any atom is -0.207 e. The molecule has 7 aromatic rings. The van der Waals surface area contributed by atoms with Crippen LogP contribution < -0.4 is 26.4 Å². The molecule has 0 aliphatic carbocycles. The zero-order chi connectivity index (χ0) is 48.1. The van der Waals surface area contributed by atoms with Crippen LogP contribution in [0.15, 0.2) is 79.4 Å². The van der Waals surface area contributed by atoms with E-state index in [4.69, 9.17) is 0 Å². The van der Waals surface area contributed by atoms with Crippen molar-refractivity contribution in [1.82, 2.24) is 0 Å². The maximum atomic E-state index is 15.4. The SMILES string of the molecule is C=CCc1ccc2ccccc2[n+]1Cc1ccccc1.Fc1c(F)c(F)c([B-](c2c(F)c(F)c(F)c(F)c2F)(c2c(F)c(F)c(F)c(F)c2F)c2c(F)c(F)c(F)c(F)c2F)c(F)c1F. The average molecular weight is 939 g/mol. The Morgan fingerprint density at radius 2 is 0.646 bits per heavy atom. The van der Waals surface area contributed by atoms with Gasteiger partial charge in [0.2, 0.25) is 5.52 Å². The summed E-state index contributed by atoms with van der Waals surface area (Å²) in [5.74, 6) is -71.4. The van der Waals surface area contributed by atoms with Gasteiger partial charge in [0.25, 0.3) is 0 Å². The van der Waals surface area contributed by atoms with Crippen LogP contribution in [-0.2, 0) is 13.0 Å². The number of para-hydroxylation sites is 1. The molecule has 7 rings (SSSR count). The highest BCUT2D eigenvalue weighted by atomic mass is 19.2. The number of hydrogen-bond donors (Lipinski definition) is 0. The first-order valence-corrected chi connectivity index (χ1v) is 17.9. The van der Waals surface area contributed by atoms with Crippen LogP contribution in [0.2, 0.25) is 0 Å². The Morgan fingerprint density at radius 3 is 0.969 bits per heavy atom. The van der Waals surface area contributed by atoms with Crippen LogP contribution >= 0.6 is 0 Å². The van der Waals surface area contributed by atoms with Gasteiger partial charge in [0.05, 0.1) is 6.42 Å². The Balaban J connectivity index is 0.000000289. The number of allylic oxidation sites excluding steroid dienone is 1. The monoisotopic (exact) mass is 939 g/mol. The van der Waals surface area contributed by atoms with Crippen molar-refractivity contribution in [3.63, 3.8) is 0 Å². The fourth-order valence-electron chi connectivity index (χ4n) is 7.46. The van der Waals surface area contributed by atoms with E-state index in [1.54, 1.807) is 0 Å². The number of fused-ring (bicyclic) bond motifs is 1. The maximum Gasteiger partial charge on any atom is 0.212 e. The van der Waals surface area contributed by atoms with Crippen LogP contribution in [0.1, 0.15) is 11.3 Å². The molecular formula is C43H18BF20N. The van der Waals surface area contributed by atoms with Gasteiger partial charge in [-0.15, -0.1) is 28.4 Å². The molecule has 0 unspecified atom stereocenters. The number of nitrogens with zero attached hydrogens (tertiary/aromatic N) is 1.